The molecule has 0 N–H and O–H groups in total. The van der Waals surface area contributed by atoms with Crippen molar-refractivity contribution in [3.8, 4) is 0 Å². The average Bonchev–Trinajstić information content (AvgIpc) is 2.97. The van der Waals surface area contributed by atoms with Crippen LogP contribution in [0.25, 0.3) is 0 Å². The Labute approximate surface area is 213 Å². The predicted octanol–water partition coefficient (Wildman–Crippen LogP) is 4.82. The van der Waals surface area contributed by atoms with Crippen molar-refractivity contribution < 1.29 is 37.7 Å². The van der Waals surface area contributed by atoms with Gasteiger partial charge >= 0.3 is 24.0 Å². The SMILES string of the molecule is CC(C)(C)OC(=O)O[C@@H]1CS[C@@H](n2ccc(N(C(=O)OC(C)(C)C)C(=O)OC(C)(C)C)nc2=O)[C@H]1F. The number of halogens is 1. The van der Waals surface area contributed by atoms with E-state index in [2.05, 4.69) is 4.98 Å². The highest BCUT2D eigenvalue weighted by atomic mass is 32.2. The second-order valence-corrected chi connectivity index (χ2v) is 12.2. The molecule has 36 heavy (non-hydrogen) atoms. The minimum absolute atomic E-state index is 0.0845. The summed E-state index contributed by atoms with van der Waals surface area (Å²) in [5, 5.41) is -1.05. The lowest BCUT2D eigenvalue weighted by Crippen LogP contribution is -2.45. The van der Waals surface area contributed by atoms with Gasteiger partial charge in [-0.05, 0) is 68.4 Å². The molecule has 0 unspecified atom stereocenters. The zero-order valence-corrected chi connectivity index (χ0v) is 22.8. The topological polar surface area (TPSA) is 126 Å². The molecule has 202 valence electrons. The number of carbonyl (C=O) groups excluding carboxylic acids is 3. The summed E-state index contributed by atoms with van der Waals surface area (Å²) in [5.41, 5.74) is -3.63. The highest BCUT2D eigenvalue weighted by Crippen LogP contribution is 2.39. The van der Waals surface area contributed by atoms with Crippen LogP contribution in [0.15, 0.2) is 17.1 Å². The largest absolute Gasteiger partial charge is 0.509 e. The molecule has 0 bridgehead atoms. The van der Waals surface area contributed by atoms with Gasteiger partial charge in [0.05, 0.1) is 0 Å². The number of hydrogen-bond donors (Lipinski definition) is 0. The van der Waals surface area contributed by atoms with Crippen LogP contribution in [0.5, 0.6) is 0 Å². The maximum absolute atomic E-state index is 15.1. The first-order valence-corrected chi connectivity index (χ1v) is 12.3. The molecule has 1 fully saturated rings. The minimum Gasteiger partial charge on any atom is -0.443 e. The lowest BCUT2D eigenvalue weighted by molar-refractivity contribution is -0.0376. The van der Waals surface area contributed by atoms with E-state index in [1.807, 2.05) is 0 Å². The van der Waals surface area contributed by atoms with Crippen molar-refractivity contribution >= 4 is 35.9 Å². The summed E-state index contributed by atoms with van der Waals surface area (Å²) in [5.74, 6) is -0.263. The zero-order chi connectivity index (χ0) is 27.6. The van der Waals surface area contributed by atoms with Crippen LogP contribution in [-0.2, 0) is 18.9 Å². The van der Waals surface area contributed by atoms with E-state index in [0.717, 1.165) is 16.3 Å². The van der Waals surface area contributed by atoms with E-state index in [1.54, 1.807) is 62.3 Å². The first-order chi connectivity index (χ1) is 16.3. The van der Waals surface area contributed by atoms with Gasteiger partial charge in [0.25, 0.3) is 0 Å². The summed E-state index contributed by atoms with van der Waals surface area (Å²) in [4.78, 5) is 54.6. The van der Waals surface area contributed by atoms with E-state index >= 15 is 4.39 Å². The van der Waals surface area contributed by atoms with Crippen LogP contribution in [0, 0.1) is 0 Å². The molecule has 1 aliphatic rings. The van der Waals surface area contributed by atoms with E-state index < -0.39 is 58.5 Å². The normalized spacial score (nSPS) is 20.4. The molecular formula is C23H34FN3O8S. The first-order valence-electron chi connectivity index (χ1n) is 11.3. The van der Waals surface area contributed by atoms with Crippen LogP contribution in [0.3, 0.4) is 0 Å². The van der Waals surface area contributed by atoms with Crippen molar-refractivity contribution in [2.24, 2.45) is 0 Å². The van der Waals surface area contributed by atoms with Gasteiger partial charge in [-0.2, -0.15) is 9.88 Å². The standard InChI is InChI=1S/C23H34FN3O8S/c1-21(2,3)33-18(29)27(19(30)34-22(4,5)6)14-10-11-26(17(28)25-14)16-15(24)13(12-36-16)32-20(31)35-23(7,8)9/h10-11,13,15-16H,12H2,1-9H3/t13-,15+,16-/m1/s1. The Balaban J connectivity index is 2.29. The first kappa shape index (κ1) is 29.4. The maximum atomic E-state index is 15.1. The van der Waals surface area contributed by atoms with Gasteiger partial charge in [0.2, 0.25) is 0 Å². The Morgan fingerprint density at radius 3 is 1.92 bits per heavy atom. The number of thioether (sulfide) groups is 1. The number of amides is 2. The molecule has 1 aromatic heterocycles. The van der Waals surface area contributed by atoms with Crippen LogP contribution < -0.4 is 10.6 Å². The van der Waals surface area contributed by atoms with Crippen LogP contribution in [0.2, 0.25) is 0 Å². The van der Waals surface area contributed by atoms with Crippen molar-refractivity contribution in [2.75, 3.05) is 10.7 Å². The number of anilines is 1. The lowest BCUT2D eigenvalue weighted by Gasteiger charge is -2.28. The minimum atomic E-state index is -1.74. The number of imide groups is 1. The summed E-state index contributed by atoms with van der Waals surface area (Å²) in [6.45, 7) is 14.6. The Morgan fingerprint density at radius 2 is 1.47 bits per heavy atom. The Bertz CT molecular complexity index is 1010. The van der Waals surface area contributed by atoms with E-state index in [9.17, 15) is 19.2 Å². The highest BCUT2D eigenvalue weighted by Gasteiger charge is 2.42. The van der Waals surface area contributed by atoms with Crippen molar-refractivity contribution in [1.82, 2.24) is 9.55 Å². The summed E-state index contributed by atoms with van der Waals surface area (Å²) >= 11 is 1.05. The van der Waals surface area contributed by atoms with E-state index in [-0.39, 0.29) is 11.6 Å². The zero-order valence-electron chi connectivity index (χ0n) is 22.0. The predicted molar refractivity (Wildman–Crippen MR) is 131 cm³/mol. The van der Waals surface area contributed by atoms with E-state index in [1.165, 1.54) is 12.3 Å². The Hall–Kier alpha value is -2.83. The van der Waals surface area contributed by atoms with Crippen molar-refractivity contribution in [3.63, 3.8) is 0 Å². The number of rotatable bonds is 3. The van der Waals surface area contributed by atoms with Gasteiger partial charge in [0.15, 0.2) is 12.0 Å². The van der Waals surface area contributed by atoms with Crippen molar-refractivity contribution in [3.05, 3.63) is 22.7 Å². The maximum Gasteiger partial charge on any atom is 0.509 e. The van der Waals surface area contributed by atoms with Gasteiger partial charge in [-0.3, -0.25) is 4.57 Å². The number of ether oxygens (including phenoxy) is 4. The molecule has 2 rings (SSSR count). The smallest absolute Gasteiger partial charge is 0.443 e. The molecule has 0 spiro atoms. The molecule has 1 aromatic rings. The Morgan fingerprint density at radius 1 is 0.972 bits per heavy atom. The molecule has 0 aromatic carbocycles. The monoisotopic (exact) mass is 531 g/mol. The molecule has 0 radical (unpaired) electrons. The molecule has 2 amide bonds. The van der Waals surface area contributed by atoms with E-state index in [0.29, 0.717) is 4.90 Å². The van der Waals surface area contributed by atoms with Gasteiger partial charge in [-0.15, -0.1) is 11.8 Å². The molecule has 1 aliphatic heterocycles. The molecule has 11 nitrogen and oxygen atoms in total. The molecule has 13 heteroatoms. The third-order valence-corrected chi connectivity index (χ3v) is 5.52. The van der Waals surface area contributed by atoms with Crippen LogP contribution in [0.4, 0.5) is 24.6 Å². The highest BCUT2D eigenvalue weighted by molar-refractivity contribution is 7.99. The molecule has 0 aliphatic carbocycles. The number of hydrogen-bond acceptors (Lipinski definition) is 10. The quantitative estimate of drug-likeness (QED) is 0.395. The van der Waals surface area contributed by atoms with E-state index in [4.69, 9.17) is 18.9 Å². The molecular weight excluding hydrogens is 497 g/mol. The third kappa shape index (κ3) is 8.38. The Kier molecular flexibility index (Phi) is 8.70. The fourth-order valence-corrected chi connectivity index (χ4v) is 4.21. The van der Waals surface area contributed by atoms with Crippen LogP contribution in [0.1, 0.15) is 67.7 Å². The number of carbonyl (C=O) groups is 3. The molecule has 3 atom stereocenters. The lowest BCUT2D eigenvalue weighted by atomic mass is 10.2. The van der Waals surface area contributed by atoms with Gasteiger partial charge in [0.1, 0.15) is 28.3 Å². The van der Waals surface area contributed by atoms with Gasteiger partial charge in [-0.1, -0.05) is 0 Å². The summed E-state index contributed by atoms with van der Waals surface area (Å²) in [7, 11) is 0. The molecule has 0 saturated carbocycles. The van der Waals surface area contributed by atoms with Crippen molar-refractivity contribution in [1.29, 1.82) is 0 Å². The van der Waals surface area contributed by atoms with Gasteiger partial charge < -0.3 is 18.9 Å². The molecule has 2 heterocycles. The second-order valence-electron chi connectivity index (χ2n) is 11.1. The number of alkyl halides is 1. The van der Waals surface area contributed by atoms with Crippen LogP contribution >= 0.6 is 11.8 Å². The third-order valence-electron chi connectivity index (χ3n) is 4.17. The van der Waals surface area contributed by atoms with Gasteiger partial charge in [0, 0.05) is 11.9 Å². The number of aromatic nitrogens is 2. The molecule has 1 saturated heterocycles. The number of nitrogens with zero attached hydrogens (tertiary/aromatic N) is 3. The fraction of sp³-hybridized carbons (Fsp3) is 0.696. The average molecular weight is 532 g/mol. The summed E-state index contributed by atoms with van der Waals surface area (Å²) in [6.07, 6.45) is -4.87. The van der Waals surface area contributed by atoms with Crippen molar-refractivity contribution in [2.45, 2.75) is 96.8 Å². The summed E-state index contributed by atoms with van der Waals surface area (Å²) in [6, 6.07) is 1.20. The van der Waals surface area contributed by atoms with Gasteiger partial charge in [-0.25, -0.2) is 23.6 Å². The fourth-order valence-electron chi connectivity index (χ4n) is 2.89. The van der Waals surface area contributed by atoms with Crippen LogP contribution in [-0.4, -0.2) is 62.7 Å². The summed E-state index contributed by atoms with van der Waals surface area (Å²) < 4.78 is 36.8. The second kappa shape index (κ2) is 10.7.